The molecule has 0 aliphatic rings. The molecule has 1 unspecified atom stereocenters. The number of rotatable bonds is 7. The van der Waals surface area contributed by atoms with Gasteiger partial charge in [-0.3, -0.25) is 4.79 Å². The van der Waals surface area contributed by atoms with E-state index >= 15 is 0 Å². The Balaban J connectivity index is 2.52. The Morgan fingerprint density at radius 1 is 1.50 bits per heavy atom. The minimum atomic E-state index is 0.190. The molecule has 1 rings (SSSR count). The van der Waals surface area contributed by atoms with Crippen LogP contribution in [-0.4, -0.2) is 29.9 Å². The molecule has 0 radical (unpaired) electrons. The number of hydrogen-bond donors (Lipinski definition) is 1. The van der Waals surface area contributed by atoms with Crippen LogP contribution in [0, 0.1) is 0 Å². The van der Waals surface area contributed by atoms with Crippen LogP contribution < -0.4 is 5.32 Å². The molecule has 0 bridgehead atoms. The lowest BCUT2D eigenvalue weighted by atomic mass is 10.2. The molecular weight excluding hydrogens is 268 g/mol. The van der Waals surface area contributed by atoms with E-state index in [1.54, 1.807) is 0 Å². The van der Waals surface area contributed by atoms with Crippen LogP contribution >= 0.6 is 22.9 Å². The van der Waals surface area contributed by atoms with Gasteiger partial charge in [0.25, 0.3) is 0 Å². The molecule has 1 N–H and O–H groups in total. The average molecular weight is 289 g/mol. The maximum atomic E-state index is 12.1. The Bertz CT molecular complexity index is 381. The van der Waals surface area contributed by atoms with Gasteiger partial charge < -0.3 is 10.2 Å². The first kappa shape index (κ1) is 15.5. The smallest absolute Gasteiger partial charge is 0.224 e. The first-order valence-electron chi connectivity index (χ1n) is 6.32. The monoisotopic (exact) mass is 288 g/mol. The van der Waals surface area contributed by atoms with Crippen molar-refractivity contribution in [1.82, 2.24) is 10.2 Å². The third kappa shape index (κ3) is 4.96. The fourth-order valence-corrected chi connectivity index (χ4v) is 2.92. The van der Waals surface area contributed by atoms with Gasteiger partial charge >= 0.3 is 0 Å². The number of nitrogens with zero attached hydrogens (tertiary/aromatic N) is 1. The summed E-state index contributed by atoms with van der Waals surface area (Å²) in [7, 11) is 0. The van der Waals surface area contributed by atoms with Crippen LogP contribution in [0.4, 0.5) is 0 Å². The van der Waals surface area contributed by atoms with Crippen molar-refractivity contribution >= 4 is 28.8 Å². The van der Waals surface area contributed by atoms with Gasteiger partial charge in [0, 0.05) is 23.9 Å². The van der Waals surface area contributed by atoms with Crippen molar-refractivity contribution in [3.05, 3.63) is 21.3 Å². The fraction of sp³-hybridized carbons (Fsp3) is 0.615. The van der Waals surface area contributed by atoms with E-state index in [-0.39, 0.29) is 11.9 Å². The van der Waals surface area contributed by atoms with E-state index in [0.29, 0.717) is 13.0 Å². The molecule has 0 aliphatic carbocycles. The predicted octanol–water partition coefficient (Wildman–Crippen LogP) is 3.14. The zero-order valence-corrected chi connectivity index (χ0v) is 12.8. The second-order valence-electron chi connectivity index (χ2n) is 4.28. The SMILES string of the molecule is CCNC(C)CC(=O)N(CC)Cc1ccc(Cl)s1. The summed E-state index contributed by atoms with van der Waals surface area (Å²) >= 11 is 7.43. The van der Waals surface area contributed by atoms with E-state index in [2.05, 4.69) is 5.32 Å². The molecule has 0 fully saturated rings. The predicted molar refractivity (Wildman–Crippen MR) is 78.2 cm³/mol. The number of carbonyl (C=O) groups excluding carboxylic acids is 1. The third-order valence-electron chi connectivity index (χ3n) is 2.74. The number of nitrogens with one attached hydrogen (secondary N) is 1. The number of hydrogen-bond acceptors (Lipinski definition) is 3. The number of carbonyl (C=O) groups is 1. The summed E-state index contributed by atoms with van der Waals surface area (Å²) in [6, 6.07) is 4.08. The lowest BCUT2D eigenvalue weighted by Gasteiger charge is -2.22. The lowest BCUT2D eigenvalue weighted by Crippen LogP contribution is -2.36. The van der Waals surface area contributed by atoms with Crippen LogP contribution in [0.2, 0.25) is 4.34 Å². The number of amides is 1. The van der Waals surface area contributed by atoms with Crippen LogP contribution in [0.5, 0.6) is 0 Å². The zero-order valence-electron chi connectivity index (χ0n) is 11.2. The highest BCUT2D eigenvalue weighted by Gasteiger charge is 2.15. The highest BCUT2D eigenvalue weighted by atomic mass is 35.5. The summed E-state index contributed by atoms with van der Waals surface area (Å²) in [6.45, 7) is 8.37. The van der Waals surface area contributed by atoms with Crippen molar-refractivity contribution in [3.63, 3.8) is 0 Å². The van der Waals surface area contributed by atoms with Crippen LogP contribution in [0.1, 0.15) is 32.1 Å². The van der Waals surface area contributed by atoms with Gasteiger partial charge in [-0.2, -0.15) is 0 Å². The van der Waals surface area contributed by atoms with Crippen molar-refractivity contribution in [3.8, 4) is 0 Å². The van der Waals surface area contributed by atoms with Crippen molar-refractivity contribution in [1.29, 1.82) is 0 Å². The minimum Gasteiger partial charge on any atom is -0.338 e. The van der Waals surface area contributed by atoms with E-state index in [0.717, 1.165) is 22.3 Å². The van der Waals surface area contributed by atoms with Crippen LogP contribution in [-0.2, 0) is 11.3 Å². The molecule has 18 heavy (non-hydrogen) atoms. The van der Waals surface area contributed by atoms with E-state index in [9.17, 15) is 4.79 Å². The molecule has 1 atom stereocenters. The lowest BCUT2D eigenvalue weighted by molar-refractivity contribution is -0.132. The average Bonchev–Trinajstić information content (AvgIpc) is 2.71. The number of halogens is 1. The molecule has 0 spiro atoms. The summed E-state index contributed by atoms with van der Waals surface area (Å²) < 4.78 is 0.773. The molecule has 1 heterocycles. The van der Waals surface area contributed by atoms with Crippen molar-refractivity contribution in [2.45, 2.75) is 39.8 Å². The van der Waals surface area contributed by atoms with Crippen molar-refractivity contribution < 1.29 is 4.79 Å². The molecule has 5 heteroatoms. The molecule has 1 aromatic heterocycles. The Labute approximate surface area is 118 Å². The second-order valence-corrected chi connectivity index (χ2v) is 6.08. The minimum absolute atomic E-state index is 0.190. The fourth-order valence-electron chi connectivity index (χ4n) is 1.81. The second kappa shape index (κ2) is 7.77. The van der Waals surface area contributed by atoms with Gasteiger partial charge in [-0.1, -0.05) is 18.5 Å². The van der Waals surface area contributed by atoms with Crippen molar-refractivity contribution in [2.24, 2.45) is 0 Å². The Hall–Kier alpha value is -0.580. The van der Waals surface area contributed by atoms with Gasteiger partial charge in [-0.25, -0.2) is 0 Å². The van der Waals surface area contributed by atoms with E-state index < -0.39 is 0 Å². The largest absolute Gasteiger partial charge is 0.338 e. The van der Waals surface area contributed by atoms with Crippen LogP contribution in [0.25, 0.3) is 0 Å². The van der Waals surface area contributed by atoms with Gasteiger partial charge in [0.2, 0.25) is 5.91 Å². The summed E-state index contributed by atoms with van der Waals surface area (Å²) in [5, 5.41) is 3.26. The third-order valence-corrected chi connectivity index (χ3v) is 3.96. The van der Waals surface area contributed by atoms with Gasteiger partial charge in [0.05, 0.1) is 10.9 Å². The first-order valence-corrected chi connectivity index (χ1v) is 7.51. The van der Waals surface area contributed by atoms with Gasteiger partial charge in [-0.05, 0) is 32.5 Å². The van der Waals surface area contributed by atoms with Gasteiger partial charge in [0.1, 0.15) is 0 Å². The van der Waals surface area contributed by atoms with E-state index in [4.69, 9.17) is 11.6 Å². The van der Waals surface area contributed by atoms with Gasteiger partial charge in [-0.15, -0.1) is 11.3 Å². The van der Waals surface area contributed by atoms with Gasteiger partial charge in [0.15, 0.2) is 0 Å². The summed E-state index contributed by atoms with van der Waals surface area (Å²) in [4.78, 5) is 15.1. The summed E-state index contributed by atoms with van der Waals surface area (Å²) in [5.41, 5.74) is 0. The molecule has 1 amide bonds. The highest BCUT2D eigenvalue weighted by Crippen LogP contribution is 2.22. The Morgan fingerprint density at radius 3 is 2.72 bits per heavy atom. The molecule has 0 saturated heterocycles. The molecule has 102 valence electrons. The van der Waals surface area contributed by atoms with Crippen molar-refractivity contribution in [2.75, 3.05) is 13.1 Å². The quantitative estimate of drug-likeness (QED) is 0.836. The standard InChI is InChI=1S/C13H21ClN2OS/c1-4-15-10(3)8-13(17)16(5-2)9-11-6-7-12(14)18-11/h6-7,10,15H,4-5,8-9H2,1-3H3. The zero-order chi connectivity index (χ0) is 13.5. The number of thiophene rings is 1. The summed E-state index contributed by atoms with van der Waals surface area (Å²) in [6.07, 6.45) is 0.542. The first-order chi connectivity index (χ1) is 8.56. The molecule has 0 aliphatic heterocycles. The molecule has 3 nitrogen and oxygen atoms in total. The Morgan fingerprint density at radius 2 is 2.22 bits per heavy atom. The topological polar surface area (TPSA) is 32.3 Å². The maximum Gasteiger partial charge on any atom is 0.224 e. The highest BCUT2D eigenvalue weighted by molar-refractivity contribution is 7.16. The van der Waals surface area contributed by atoms with E-state index in [1.165, 1.54) is 11.3 Å². The molecule has 1 aromatic rings. The molecular formula is C13H21ClN2OS. The Kier molecular flexibility index (Phi) is 6.68. The molecule has 0 saturated carbocycles. The summed E-state index contributed by atoms with van der Waals surface area (Å²) in [5.74, 6) is 0.190. The normalized spacial score (nSPS) is 12.4. The van der Waals surface area contributed by atoms with Crippen LogP contribution in [0.3, 0.4) is 0 Å². The van der Waals surface area contributed by atoms with Crippen LogP contribution in [0.15, 0.2) is 12.1 Å². The van der Waals surface area contributed by atoms with E-state index in [1.807, 2.05) is 37.8 Å². The molecule has 0 aromatic carbocycles. The maximum absolute atomic E-state index is 12.1.